The predicted octanol–water partition coefficient (Wildman–Crippen LogP) is -0.0567. The number of nitrogens with one attached hydrogen (secondary N) is 1. The van der Waals surface area contributed by atoms with Crippen molar-refractivity contribution in [2.45, 2.75) is 25.8 Å². The number of oxime groups is 1. The fourth-order valence-corrected chi connectivity index (χ4v) is 1.66. The normalized spacial score (nSPS) is 20.3. The second-order valence-electron chi connectivity index (χ2n) is 4.02. The molecule has 1 unspecified atom stereocenters. The molecule has 0 aliphatic carbocycles. The summed E-state index contributed by atoms with van der Waals surface area (Å²) in [6.07, 6.45) is 1.64. The van der Waals surface area contributed by atoms with Gasteiger partial charge in [-0.15, -0.1) is 0 Å². The Kier molecular flexibility index (Phi) is 5.55. The van der Waals surface area contributed by atoms with Crippen molar-refractivity contribution in [3.63, 3.8) is 0 Å². The predicted molar refractivity (Wildman–Crippen MR) is 63.0 cm³/mol. The summed E-state index contributed by atoms with van der Waals surface area (Å²) in [7, 11) is 0. The van der Waals surface area contributed by atoms with Crippen molar-refractivity contribution in [2.24, 2.45) is 10.9 Å². The van der Waals surface area contributed by atoms with Crippen molar-refractivity contribution in [3.8, 4) is 0 Å². The highest BCUT2D eigenvalue weighted by Crippen LogP contribution is 2.04. The molecule has 0 aromatic heterocycles. The molecule has 0 saturated carbocycles. The van der Waals surface area contributed by atoms with E-state index in [2.05, 4.69) is 10.5 Å². The number of hydrogen-bond acceptors (Lipinski definition) is 4. The number of carbonyl (C=O) groups is 1. The second-order valence-corrected chi connectivity index (χ2v) is 4.02. The van der Waals surface area contributed by atoms with Crippen molar-refractivity contribution in [2.75, 3.05) is 26.3 Å². The maximum absolute atomic E-state index is 11.9. The number of amidine groups is 1. The minimum absolute atomic E-state index is 0.0243. The van der Waals surface area contributed by atoms with Crippen LogP contribution in [0.1, 0.15) is 19.8 Å². The van der Waals surface area contributed by atoms with E-state index in [-0.39, 0.29) is 24.5 Å². The molecule has 1 aliphatic heterocycles. The largest absolute Gasteiger partial charge is 0.409 e. The highest BCUT2D eigenvalue weighted by Gasteiger charge is 2.21. The molecule has 98 valence electrons. The Balaban J connectivity index is 2.46. The molecule has 17 heavy (non-hydrogen) atoms. The Bertz CT molecular complexity index is 277. The molecular formula is C10H20N4O3. The summed E-state index contributed by atoms with van der Waals surface area (Å²) in [5.41, 5.74) is 5.40. The Morgan fingerprint density at radius 2 is 2.47 bits per heavy atom. The first-order chi connectivity index (χ1) is 8.17. The van der Waals surface area contributed by atoms with Gasteiger partial charge in [0.1, 0.15) is 0 Å². The van der Waals surface area contributed by atoms with E-state index in [0.29, 0.717) is 19.8 Å². The minimum atomic E-state index is -0.200. The molecule has 0 radical (unpaired) electrons. The van der Waals surface area contributed by atoms with Crippen molar-refractivity contribution in [3.05, 3.63) is 0 Å². The molecule has 0 spiro atoms. The monoisotopic (exact) mass is 244 g/mol. The third kappa shape index (κ3) is 4.48. The standard InChI is InChI=1S/C10H20N4O3/c1-2-4-14(6-9(11)13-16)10(15)12-8-3-5-17-7-8/h8,16H,2-7H2,1H3,(H2,11,13)(H,12,15). The van der Waals surface area contributed by atoms with E-state index < -0.39 is 0 Å². The molecule has 1 aliphatic rings. The lowest BCUT2D eigenvalue weighted by molar-refractivity contribution is 0.180. The average Bonchev–Trinajstić information content (AvgIpc) is 2.81. The van der Waals surface area contributed by atoms with Crippen LogP contribution in [0, 0.1) is 0 Å². The van der Waals surface area contributed by atoms with Gasteiger partial charge in [-0.25, -0.2) is 4.79 Å². The van der Waals surface area contributed by atoms with Crippen LogP contribution >= 0.6 is 0 Å². The smallest absolute Gasteiger partial charge is 0.318 e. The highest BCUT2D eigenvalue weighted by molar-refractivity contribution is 5.86. The average molecular weight is 244 g/mol. The zero-order valence-electron chi connectivity index (χ0n) is 10.1. The molecule has 7 heteroatoms. The lowest BCUT2D eigenvalue weighted by Gasteiger charge is -2.23. The van der Waals surface area contributed by atoms with Gasteiger partial charge in [-0.2, -0.15) is 0 Å². The van der Waals surface area contributed by atoms with Gasteiger partial charge in [-0.05, 0) is 12.8 Å². The first kappa shape index (κ1) is 13.6. The summed E-state index contributed by atoms with van der Waals surface area (Å²) < 4.78 is 5.18. The summed E-state index contributed by atoms with van der Waals surface area (Å²) in [6, 6.07) is -0.136. The molecule has 2 amide bonds. The Morgan fingerprint density at radius 3 is 3.00 bits per heavy atom. The van der Waals surface area contributed by atoms with Gasteiger partial charge in [0.05, 0.1) is 19.2 Å². The zero-order chi connectivity index (χ0) is 12.7. The molecule has 1 atom stereocenters. The summed E-state index contributed by atoms with van der Waals surface area (Å²) in [5, 5.41) is 14.2. The van der Waals surface area contributed by atoms with Crippen LogP contribution in [-0.4, -0.2) is 54.3 Å². The van der Waals surface area contributed by atoms with E-state index in [0.717, 1.165) is 12.8 Å². The van der Waals surface area contributed by atoms with Crippen LogP contribution in [0.25, 0.3) is 0 Å². The van der Waals surface area contributed by atoms with Crippen LogP contribution < -0.4 is 11.1 Å². The summed E-state index contributed by atoms with van der Waals surface area (Å²) in [6.45, 7) is 3.89. The Morgan fingerprint density at radius 1 is 1.71 bits per heavy atom. The highest BCUT2D eigenvalue weighted by atomic mass is 16.5. The first-order valence-electron chi connectivity index (χ1n) is 5.77. The topological polar surface area (TPSA) is 100 Å². The molecule has 0 bridgehead atoms. The molecule has 1 heterocycles. The van der Waals surface area contributed by atoms with Crippen LogP contribution in [-0.2, 0) is 4.74 Å². The first-order valence-corrected chi connectivity index (χ1v) is 5.77. The second kappa shape index (κ2) is 6.95. The maximum Gasteiger partial charge on any atom is 0.318 e. The van der Waals surface area contributed by atoms with E-state index in [1.807, 2.05) is 6.92 Å². The number of amides is 2. The fourth-order valence-electron chi connectivity index (χ4n) is 1.66. The van der Waals surface area contributed by atoms with Gasteiger partial charge in [0.2, 0.25) is 0 Å². The molecule has 4 N–H and O–H groups in total. The van der Waals surface area contributed by atoms with E-state index in [9.17, 15) is 4.79 Å². The third-order valence-corrected chi connectivity index (χ3v) is 2.52. The van der Waals surface area contributed by atoms with Crippen LogP contribution in [0.4, 0.5) is 4.79 Å². The molecular weight excluding hydrogens is 224 g/mol. The number of ether oxygens (including phenoxy) is 1. The number of nitrogens with zero attached hydrogens (tertiary/aromatic N) is 2. The number of nitrogens with two attached hydrogens (primary N) is 1. The summed E-state index contributed by atoms with van der Waals surface area (Å²) in [5.74, 6) is 0.0243. The lowest BCUT2D eigenvalue weighted by atomic mass is 10.3. The van der Waals surface area contributed by atoms with Crippen molar-refractivity contribution in [1.82, 2.24) is 10.2 Å². The van der Waals surface area contributed by atoms with Gasteiger partial charge in [0, 0.05) is 13.2 Å². The van der Waals surface area contributed by atoms with E-state index >= 15 is 0 Å². The lowest BCUT2D eigenvalue weighted by Crippen LogP contribution is -2.48. The van der Waals surface area contributed by atoms with Crippen LogP contribution in [0.2, 0.25) is 0 Å². The van der Waals surface area contributed by atoms with Crippen molar-refractivity contribution in [1.29, 1.82) is 0 Å². The van der Waals surface area contributed by atoms with Crippen LogP contribution in [0.3, 0.4) is 0 Å². The third-order valence-electron chi connectivity index (χ3n) is 2.52. The number of hydrogen-bond donors (Lipinski definition) is 3. The van der Waals surface area contributed by atoms with E-state index in [1.165, 1.54) is 4.90 Å². The van der Waals surface area contributed by atoms with Gasteiger partial charge in [0.15, 0.2) is 5.84 Å². The van der Waals surface area contributed by atoms with Crippen LogP contribution in [0.15, 0.2) is 5.16 Å². The quantitative estimate of drug-likeness (QED) is 0.273. The van der Waals surface area contributed by atoms with Gasteiger partial charge in [-0.3, -0.25) is 0 Å². The van der Waals surface area contributed by atoms with Gasteiger partial charge in [-0.1, -0.05) is 12.1 Å². The summed E-state index contributed by atoms with van der Waals surface area (Å²) >= 11 is 0. The minimum Gasteiger partial charge on any atom is -0.409 e. The van der Waals surface area contributed by atoms with Crippen LogP contribution in [0.5, 0.6) is 0 Å². The van der Waals surface area contributed by atoms with Gasteiger partial charge >= 0.3 is 6.03 Å². The Labute approximate surface area is 101 Å². The molecule has 1 rings (SSSR count). The SMILES string of the molecule is CCCN(CC(N)=NO)C(=O)NC1CCOC1. The molecule has 1 fully saturated rings. The Hall–Kier alpha value is -1.50. The molecule has 0 aromatic carbocycles. The summed E-state index contributed by atoms with van der Waals surface area (Å²) in [4.78, 5) is 13.4. The zero-order valence-corrected chi connectivity index (χ0v) is 10.1. The maximum atomic E-state index is 11.9. The molecule has 0 aromatic rings. The number of urea groups is 1. The van der Waals surface area contributed by atoms with Gasteiger partial charge in [0.25, 0.3) is 0 Å². The van der Waals surface area contributed by atoms with E-state index in [1.54, 1.807) is 0 Å². The van der Waals surface area contributed by atoms with Crippen molar-refractivity contribution < 1.29 is 14.7 Å². The number of carbonyl (C=O) groups excluding carboxylic acids is 1. The number of rotatable bonds is 5. The van der Waals surface area contributed by atoms with E-state index in [4.69, 9.17) is 15.7 Å². The van der Waals surface area contributed by atoms with Crippen molar-refractivity contribution >= 4 is 11.9 Å². The molecule has 1 saturated heterocycles. The van der Waals surface area contributed by atoms with Gasteiger partial charge < -0.3 is 25.9 Å². The fraction of sp³-hybridized carbons (Fsp3) is 0.800. The molecule has 7 nitrogen and oxygen atoms in total.